The van der Waals surface area contributed by atoms with Crippen molar-refractivity contribution < 1.29 is 14.3 Å². The molecular formula is C19H20IN3O3. The van der Waals surface area contributed by atoms with Crippen LogP contribution in [-0.4, -0.2) is 24.6 Å². The van der Waals surface area contributed by atoms with Crippen molar-refractivity contribution in [1.29, 1.82) is 0 Å². The fourth-order valence-electron chi connectivity index (χ4n) is 2.17. The summed E-state index contributed by atoms with van der Waals surface area (Å²) in [7, 11) is 1.59. The molecule has 2 N–H and O–H groups in total. The molecule has 0 saturated heterocycles. The highest BCUT2D eigenvalue weighted by Gasteiger charge is 2.07. The van der Waals surface area contributed by atoms with Crippen LogP contribution >= 0.6 is 22.6 Å². The second-order valence-corrected chi connectivity index (χ2v) is 6.89. The van der Waals surface area contributed by atoms with Gasteiger partial charge in [0.05, 0.1) is 20.0 Å². The molecule has 0 unspecified atom stereocenters. The molecule has 2 amide bonds. The Morgan fingerprint density at radius 1 is 1.12 bits per heavy atom. The molecule has 0 bridgehead atoms. The maximum absolute atomic E-state index is 12.0. The Morgan fingerprint density at radius 2 is 1.85 bits per heavy atom. The highest BCUT2D eigenvalue weighted by molar-refractivity contribution is 14.1. The van der Waals surface area contributed by atoms with E-state index in [1.165, 1.54) is 0 Å². The third-order valence-electron chi connectivity index (χ3n) is 3.42. The standard InChI is InChI=1S/C19H20IN3O3/c1-13(10-18(24)21-16-5-3-4-15(20)12-16)22-23-19(25)11-14-6-8-17(26-2)9-7-14/h3-9,12H,10-11H2,1-2H3,(H,21,24)(H,23,25)/b22-13+. The molecule has 7 heteroatoms. The topological polar surface area (TPSA) is 79.8 Å². The van der Waals surface area contributed by atoms with Gasteiger partial charge in [-0.1, -0.05) is 18.2 Å². The molecule has 0 atom stereocenters. The van der Waals surface area contributed by atoms with Crippen molar-refractivity contribution in [2.75, 3.05) is 12.4 Å². The summed E-state index contributed by atoms with van der Waals surface area (Å²) < 4.78 is 6.12. The Bertz CT molecular complexity index is 804. The lowest BCUT2D eigenvalue weighted by atomic mass is 10.1. The summed E-state index contributed by atoms with van der Waals surface area (Å²) in [5.41, 5.74) is 4.59. The number of halogens is 1. The van der Waals surface area contributed by atoms with Crippen LogP contribution in [-0.2, 0) is 16.0 Å². The van der Waals surface area contributed by atoms with Crippen LogP contribution in [0.3, 0.4) is 0 Å². The largest absolute Gasteiger partial charge is 0.497 e. The van der Waals surface area contributed by atoms with Crippen LogP contribution in [0.2, 0.25) is 0 Å². The van der Waals surface area contributed by atoms with Gasteiger partial charge in [-0.2, -0.15) is 5.10 Å². The first-order valence-electron chi connectivity index (χ1n) is 7.96. The van der Waals surface area contributed by atoms with E-state index in [9.17, 15) is 9.59 Å². The number of rotatable bonds is 7. The van der Waals surface area contributed by atoms with Crippen LogP contribution in [0.25, 0.3) is 0 Å². The van der Waals surface area contributed by atoms with E-state index in [2.05, 4.69) is 38.4 Å². The third kappa shape index (κ3) is 6.83. The fourth-order valence-corrected chi connectivity index (χ4v) is 2.71. The molecule has 2 aromatic carbocycles. The quantitative estimate of drug-likeness (QED) is 0.374. The zero-order valence-electron chi connectivity index (χ0n) is 14.6. The van der Waals surface area contributed by atoms with Crippen LogP contribution in [0.1, 0.15) is 18.9 Å². The van der Waals surface area contributed by atoms with Crippen LogP contribution < -0.4 is 15.5 Å². The van der Waals surface area contributed by atoms with Crippen molar-refractivity contribution in [3.05, 3.63) is 57.7 Å². The Balaban J connectivity index is 1.80. The van der Waals surface area contributed by atoms with Gasteiger partial charge >= 0.3 is 0 Å². The average Bonchev–Trinajstić information content (AvgIpc) is 2.60. The molecule has 0 heterocycles. The van der Waals surface area contributed by atoms with Gasteiger partial charge in [0.1, 0.15) is 5.75 Å². The minimum absolute atomic E-state index is 0.105. The number of anilines is 1. The van der Waals surface area contributed by atoms with E-state index in [1.54, 1.807) is 26.2 Å². The molecule has 0 saturated carbocycles. The van der Waals surface area contributed by atoms with Gasteiger partial charge < -0.3 is 10.1 Å². The van der Waals surface area contributed by atoms with Gasteiger partial charge in [0.25, 0.3) is 0 Å². The molecule has 26 heavy (non-hydrogen) atoms. The molecule has 0 aliphatic carbocycles. The van der Waals surface area contributed by atoms with E-state index in [-0.39, 0.29) is 24.7 Å². The molecule has 0 radical (unpaired) electrons. The van der Waals surface area contributed by atoms with E-state index in [0.717, 1.165) is 20.6 Å². The molecule has 0 fully saturated rings. The average molecular weight is 465 g/mol. The molecule has 0 aliphatic heterocycles. The summed E-state index contributed by atoms with van der Waals surface area (Å²) in [6.45, 7) is 1.70. The number of hydrogen-bond donors (Lipinski definition) is 2. The summed E-state index contributed by atoms with van der Waals surface area (Å²) in [5.74, 6) is 0.312. The van der Waals surface area contributed by atoms with Crippen molar-refractivity contribution in [2.24, 2.45) is 5.10 Å². The zero-order valence-corrected chi connectivity index (χ0v) is 16.7. The second-order valence-electron chi connectivity index (χ2n) is 5.64. The first-order chi connectivity index (χ1) is 12.5. The van der Waals surface area contributed by atoms with E-state index >= 15 is 0 Å². The lowest BCUT2D eigenvalue weighted by molar-refractivity contribution is -0.120. The number of nitrogens with zero attached hydrogens (tertiary/aromatic N) is 1. The molecule has 2 aromatic rings. The van der Waals surface area contributed by atoms with Crippen molar-refractivity contribution in [1.82, 2.24) is 5.43 Å². The maximum Gasteiger partial charge on any atom is 0.244 e. The van der Waals surface area contributed by atoms with E-state index < -0.39 is 0 Å². The highest BCUT2D eigenvalue weighted by Crippen LogP contribution is 2.13. The first-order valence-corrected chi connectivity index (χ1v) is 9.04. The summed E-state index contributed by atoms with van der Waals surface area (Å²) in [4.78, 5) is 23.9. The number of hydrogen-bond acceptors (Lipinski definition) is 4. The van der Waals surface area contributed by atoms with Gasteiger partial charge in [-0.25, -0.2) is 5.43 Å². The number of hydrazone groups is 1. The highest BCUT2D eigenvalue weighted by atomic mass is 127. The van der Waals surface area contributed by atoms with Gasteiger partial charge in [-0.15, -0.1) is 0 Å². The summed E-state index contributed by atoms with van der Waals surface area (Å²) in [6, 6.07) is 14.8. The third-order valence-corrected chi connectivity index (χ3v) is 4.09. The Kier molecular flexibility index (Phi) is 7.58. The Labute approximate surface area is 166 Å². The number of amides is 2. The van der Waals surface area contributed by atoms with Crippen LogP contribution in [0.5, 0.6) is 5.75 Å². The number of nitrogens with one attached hydrogen (secondary N) is 2. The lowest BCUT2D eigenvalue weighted by Gasteiger charge is -2.06. The molecule has 136 valence electrons. The number of carbonyl (C=O) groups excluding carboxylic acids is 2. The fraction of sp³-hybridized carbons (Fsp3) is 0.211. The van der Waals surface area contributed by atoms with E-state index in [1.807, 2.05) is 36.4 Å². The Hall–Kier alpha value is -2.42. The lowest BCUT2D eigenvalue weighted by Crippen LogP contribution is -2.22. The van der Waals surface area contributed by atoms with E-state index in [4.69, 9.17) is 4.74 Å². The number of benzene rings is 2. The number of carbonyl (C=O) groups is 2. The monoisotopic (exact) mass is 465 g/mol. The van der Waals surface area contributed by atoms with E-state index in [0.29, 0.717) is 5.71 Å². The molecule has 2 rings (SSSR count). The summed E-state index contributed by atoms with van der Waals surface area (Å²) in [5, 5.41) is 6.79. The van der Waals surface area contributed by atoms with Gasteiger partial charge in [0.2, 0.25) is 11.8 Å². The van der Waals surface area contributed by atoms with Crippen molar-refractivity contribution >= 4 is 45.8 Å². The molecule has 0 spiro atoms. The molecule has 6 nitrogen and oxygen atoms in total. The summed E-state index contributed by atoms with van der Waals surface area (Å²) >= 11 is 2.18. The SMILES string of the molecule is COc1ccc(CC(=O)N/N=C(\C)CC(=O)Nc2cccc(I)c2)cc1. The Morgan fingerprint density at radius 3 is 2.50 bits per heavy atom. The maximum atomic E-state index is 12.0. The van der Waals surface area contributed by atoms with Crippen LogP contribution in [0.4, 0.5) is 5.69 Å². The normalized spacial score (nSPS) is 11.0. The van der Waals surface area contributed by atoms with Crippen LogP contribution in [0, 0.1) is 3.57 Å². The predicted octanol–water partition coefficient (Wildman–Crippen LogP) is 3.36. The molecular weight excluding hydrogens is 445 g/mol. The zero-order chi connectivity index (χ0) is 18.9. The minimum Gasteiger partial charge on any atom is -0.497 e. The van der Waals surface area contributed by atoms with Gasteiger partial charge in [0, 0.05) is 15.0 Å². The van der Waals surface area contributed by atoms with Gasteiger partial charge in [-0.05, 0) is 65.4 Å². The van der Waals surface area contributed by atoms with Gasteiger partial charge in [-0.3, -0.25) is 9.59 Å². The van der Waals surface area contributed by atoms with Crippen LogP contribution in [0.15, 0.2) is 53.6 Å². The van der Waals surface area contributed by atoms with Crippen molar-refractivity contribution in [3.8, 4) is 5.75 Å². The smallest absolute Gasteiger partial charge is 0.244 e. The van der Waals surface area contributed by atoms with Crippen molar-refractivity contribution in [3.63, 3.8) is 0 Å². The molecule has 0 aliphatic rings. The summed E-state index contributed by atoms with van der Waals surface area (Å²) in [6.07, 6.45) is 0.309. The number of ether oxygens (including phenoxy) is 1. The van der Waals surface area contributed by atoms with Gasteiger partial charge in [0.15, 0.2) is 0 Å². The second kappa shape index (κ2) is 9.91. The first kappa shape index (κ1) is 19.9. The van der Waals surface area contributed by atoms with Crippen molar-refractivity contribution in [2.45, 2.75) is 19.8 Å². The predicted molar refractivity (Wildman–Crippen MR) is 110 cm³/mol. The number of methoxy groups -OCH3 is 1. The minimum atomic E-state index is -0.243. The molecule has 0 aromatic heterocycles.